The first-order valence-electron chi connectivity index (χ1n) is 5.52. The van der Waals surface area contributed by atoms with E-state index in [1.165, 1.54) is 11.5 Å². The Kier molecular flexibility index (Phi) is 3.11. The highest BCUT2D eigenvalue weighted by molar-refractivity contribution is 7.18. The molecule has 0 atom stereocenters. The van der Waals surface area contributed by atoms with Crippen LogP contribution in [0.15, 0.2) is 10.9 Å². The van der Waals surface area contributed by atoms with E-state index in [2.05, 4.69) is 4.98 Å². The van der Waals surface area contributed by atoms with Crippen molar-refractivity contribution in [1.29, 1.82) is 0 Å². The summed E-state index contributed by atoms with van der Waals surface area (Å²) in [7, 11) is 0. The normalized spacial score (nSPS) is 11.0. The third-order valence-electron chi connectivity index (χ3n) is 2.62. The molecular weight excluding hydrogens is 236 g/mol. The van der Waals surface area contributed by atoms with Gasteiger partial charge in [-0.1, -0.05) is 6.92 Å². The summed E-state index contributed by atoms with van der Waals surface area (Å²) in [6, 6.07) is 1.88. The van der Waals surface area contributed by atoms with Crippen molar-refractivity contribution in [2.75, 3.05) is 0 Å². The molecule has 0 amide bonds. The lowest BCUT2D eigenvalue weighted by Crippen LogP contribution is -2.26. The molecule has 4 nitrogen and oxygen atoms in total. The summed E-state index contributed by atoms with van der Waals surface area (Å²) in [5.74, 6) is 0.560. The average molecular weight is 250 g/mol. The Balaban J connectivity index is 2.70. The molecule has 2 heterocycles. The molecule has 0 aliphatic heterocycles. The number of aryl methyl sites for hydroxylation is 2. The molecule has 2 aromatic rings. The van der Waals surface area contributed by atoms with Gasteiger partial charge in [0.15, 0.2) is 0 Å². The summed E-state index contributed by atoms with van der Waals surface area (Å²) < 4.78 is 1.44. The third kappa shape index (κ3) is 2.15. The van der Waals surface area contributed by atoms with Crippen LogP contribution in [-0.2, 0) is 17.8 Å². The molecule has 0 aromatic carbocycles. The molecule has 0 spiro atoms. The Morgan fingerprint density at radius 3 is 2.82 bits per heavy atom. The van der Waals surface area contributed by atoms with E-state index in [9.17, 15) is 9.59 Å². The molecule has 0 aliphatic rings. The molecule has 0 N–H and O–H groups in total. The van der Waals surface area contributed by atoms with Crippen molar-refractivity contribution in [3.8, 4) is 0 Å². The van der Waals surface area contributed by atoms with Crippen LogP contribution in [0.1, 0.15) is 24.5 Å². The number of nitrogens with zero attached hydrogens (tertiary/aromatic N) is 2. The first kappa shape index (κ1) is 12.0. The van der Waals surface area contributed by atoms with Gasteiger partial charge in [0.25, 0.3) is 5.56 Å². The monoisotopic (exact) mass is 250 g/mol. The zero-order chi connectivity index (χ0) is 12.6. The molecule has 5 heteroatoms. The summed E-state index contributed by atoms with van der Waals surface area (Å²) in [6.45, 7) is 5.38. The van der Waals surface area contributed by atoms with Crippen molar-refractivity contribution < 1.29 is 4.79 Å². The van der Waals surface area contributed by atoms with Gasteiger partial charge in [0.2, 0.25) is 0 Å². The van der Waals surface area contributed by atoms with Gasteiger partial charge in [-0.2, -0.15) is 0 Å². The summed E-state index contributed by atoms with van der Waals surface area (Å²) in [5.41, 5.74) is -0.112. The summed E-state index contributed by atoms with van der Waals surface area (Å²) in [6.07, 6.45) is 0.895. The third-order valence-corrected chi connectivity index (χ3v) is 3.80. The van der Waals surface area contributed by atoms with Crippen LogP contribution < -0.4 is 5.56 Å². The molecule has 90 valence electrons. The predicted molar refractivity (Wildman–Crippen MR) is 68.7 cm³/mol. The second kappa shape index (κ2) is 4.41. The molecule has 17 heavy (non-hydrogen) atoms. The Hall–Kier alpha value is -1.49. The molecule has 2 aromatic heterocycles. The van der Waals surface area contributed by atoms with Crippen LogP contribution in [0.5, 0.6) is 0 Å². The second-order valence-electron chi connectivity index (χ2n) is 4.04. The Morgan fingerprint density at radius 2 is 2.24 bits per heavy atom. The zero-order valence-corrected chi connectivity index (χ0v) is 10.9. The molecule has 2 rings (SSSR count). The van der Waals surface area contributed by atoms with E-state index >= 15 is 0 Å². The van der Waals surface area contributed by atoms with Gasteiger partial charge in [0, 0.05) is 4.88 Å². The van der Waals surface area contributed by atoms with Gasteiger partial charge in [-0.25, -0.2) is 4.98 Å². The van der Waals surface area contributed by atoms with Crippen molar-refractivity contribution >= 4 is 27.3 Å². The Labute approximate surface area is 103 Å². The number of hydrogen-bond donors (Lipinski definition) is 0. The lowest BCUT2D eigenvalue weighted by atomic mass is 10.3. The fraction of sp³-hybridized carbons (Fsp3) is 0.417. The van der Waals surface area contributed by atoms with Gasteiger partial charge in [-0.05, 0) is 26.3 Å². The van der Waals surface area contributed by atoms with Crippen LogP contribution >= 0.6 is 11.3 Å². The fourth-order valence-electron chi connectivity index (χ4n) is 1.75. The molecule has 0 radical (unpaired) electrons. The molecule has 0 bridgehead atoms. The van der Waals surface area contributed by atoms with Gasteiger partial charge in [0.05, 0.1) is 11.9 Å². The molecule has 0 saturated heterocycles. The maximum atomic E-state index is 12.2. The number of carbonyl (C=O) groups excluding carboxylic acids is 1. The highest BCUT2D eigenvalue weighted by atomic mass is 32.1. The highest BCUT2D eigenvalue weighted by Gasteiger charge is 2.12. The number of rotatable bonds is 3. The summed E-state index contributed by atoms with van der Waals surface area (Å²) in [4.78, 5) is 29.6. The highest BCUT2D eigenvalue weighted by Crippen LogP contribution is 2.21. The lowest BCUT2D eigenvalue weighted by molar-refractivity contribution is -0.117. The van der Waals surface area contributed by atoms with Crippen LogP contribution in [0.2, 0.25) is 0 Å². The number of fused-ring (bicyclic) bond motifs is 1. The first-order valence-corrected chi connectivity index (χ1v) is 6.34. The second-order valence-corrected chi connectivity index (χ2v) is 5.15. The maximum absolute atomic E-state index is 12.2. The topological polar surface area (TPSA) is 52.0 Å². The molecule has 0 aliphatic carbocycles. The van der Waals surface area contributed by atoms with Crippen LogP contribution in [0.3, 0.4) is 0 Å². The van der Waals surface area contributed by atoms with E-state index in [1.54, 1.807) is 18.3 Å². The summed E-state index contributed by atoms with van der Waals surface area (Å²) in [5, 5.41) is 0.624. The Morgan fingerprint density at radius 1 is 1.53 bits per heavy atom. The minimum atomic E-state index is -0.112. The number of thiophene rings is 1. The molecule has 0 fully saturated rings. The van der Waals surface area contributed by atoms with Gasteiger partial charge < -0.3 is 0 Å². The first-order chi connectivity index (χ1) is 8.02. The number of hydrogen-bond acceptors (Lipinski definition) is 4. The van der Waals surface area contributed by atoms with Crippen LogP contribution in [0.25, 0.3) is 10.2 Å². The predicted octanol–water partition coefficient (Wildman–Crippen LogP) is 1.92. The smallest absolute Gasteiger partial charge is 0.262 e. The lowest BCUT2D eigenvalue weighted by Gasteiger charge is -2.06. The van der Waals surface area contributed by atoms with Crippen LogP contribution in [0.4, 0.5) is 0 Å². The number of aromatic nitrogens is 2. The average Bonchev–Trinajstić information content (AvgIpc) is 2.67. The van der Waals surface area contributed by atoms with E-state index < -0.39 is 0 Å². The van der Waals surface area contributed by atoms with E-state index in [1.807, 2.05) is 13.0 Å². The van der Waals surface area contributed by atoms with Gasteiger partial charge in [-0.15, -0.1) is 11.3 Å². The van der Waals surface area contributed by atoms with Gasteiger partial charge in [-0.3, -0.25) is 14.2 Å². The van der Waals surface area contributed by atoms with Crippen molar-refractivity contribution in [1.82, 2.24) is 9.55 Å². The quantitative estimate of drug-likeness (QED) is 0.836. The molecule has 0 unspecified atom stereocenters. The maximum Gasteiger partial charge on any atom is 0.262 e. The summed E-state index contributed by atoms with van der Waals surface area (Å²) >= 11 is 1.54. The van der Waals surface area contributed by atoms with Crippen molar-refractivity contribution in [3.05, 3.63) is 27.1 Å². The van der Waals surface area contributed by atoms with Crippen molar-refractivity contribution in [3.63, 3.8) is 0 Å². The standard InChI is InChI=1S/C12H14N2O2S/c1-4-9-5-10-11(17-9)13-8(3)14(12(10)16)6-7(2)15/h5H,4,6H2,1-3H3. The zero-order valence-electron chi connectivity index (χ0n) is 10.1. The fourth-order valence-corrected chi connectivity index (χ4v) is 2.75. The molecular formula is C12H14N2O2S. The van der Waals surface area contributed by atoms with E-state index in [0.717, 1.165) is 16.1 Å². The van der Waals surface area contributed by atoms with Crippen LogP contribution in [0, 0.1) is 6.92 Å². The minimum absolute atomic E-state index is 0.0395. The van der Waals surface area contributed by atoms with Gasteiger partial charge in [0.1, 0.15) is 16.4 Å². The van der Waals surface area contributed by atoms with Crippen LogP contribution in [-0.4, -0.2) is 15.3 Å². The number of Topliss-reactive ketones (excluding diaryl/α,β-unsaturated/α-hetero) is 1. The Bertz CT molecular complexity index is 640. The van der Waals surface area contributed by atoms with Gasteiger partial charge >= 0.3 is 0 Å². The van der Waals surface area contributed by atoms with E-state index in [0.29, 0.717) is 11.2 Å². The SMILES string of the molecule is CCc1cc2c(=O)n(CC(C)=O)c(C)nc2s1. The van der Waals surface area contributed by atoms with Crippen molar-refractivity contribution in [2.24, 2.45) is 0 Å². The number of carbonyl (C=O) groups is 1. The molecule has 0 saturated carbocycles. The van der Waals surface area contributed by atoms with E-state index in [-0.39, 0.29) is 17.9 Å². The minimum Gasteiger partial charge on any atom is -0.298 e. The number of ketones is 1. The largest absolute Gasteiger partial charge is 0.298 e. The van der Waals surface area contributed by atoms with Crippen molar-refractivity contribution in [2.45, 2.75) is 33.7 Å². The van der Waals surface area contributed by atoms with E-state index in [4.69, 9.17) is 0 Å².